The molecular weight excluding hydrogens is 439 g/mol. The number of hydrogen-bond donors (Lipinski definition) is 1. The SMILES string of the molecule is CCC(Oc1ccc(CCc2sc(-c3ccc(C(F)(F)F)cc3)nc2C)cc1C)C(=O)O. The van der Waals surface area contributed by atoms with Crippen LogP contribution in [0.25, 0.3) is 10.6 Å². The monoisotopic (exact) mass is 463 g/mol. The predicted molar refractivity (Wildman–Crippen MR) is 118 cm³/mol. The number of carbonyl (C=O) groups is 1. The second-order valence-corrected chi connectivity index (χ2v) is 8.64. The van der Waals surface area contributed by atoms with E-state index < -0.39 is 23.8 Å². The number of aromatic nitrogens is 1. The van der Waals surface area contributed by atoms with Crippen molar-refractivity contribution in [1.29, 1.82) is 0 Å². The molecule has 1 N–H and O–H groups in total. The van der Waals surface area contributed by atoms with Crippen LogP contribution >= 0.6 is 11.3 Å². The molecule has 0 spiro atoms. The topological polar surface area (TPSA) is 59.4 Å². The molecule has 32 heavy (non-hydrogen) atoms. The number of benzene rings is 2. The van der Waals surface area contributed by atoms with E-state index in [0.717, 1.165) is 46.7 Å². The van der Waals surface area contributed by atoms with E-state index in [1.54, 1.807) is 13.0 Å². The summed E-state index contributed by atoms with van der Waals surface area (Å²) in [5.74, 6) is -0.429. The molecule has 0 radical (unpaired) electrons. The third kappa shape index (κ3) is 5.68. The van der Waals surface area contributed by atoms with Crippen LogP contribution in [-0.2, 0) is 23.8 Å². The van der Waals surface area contributed by atoms with Crippen LogP contribution in [0.5, 0.6) is 5.75 Å². The maximum Gasteiger partial charge on any atom is 0.416 e. The number of nitrogens with zero attached hydrogens (tertiary/aromatic N) is 1. The highest BCUT2D eigenvalue weighted by Gasteiger charge is 2.30. The number of hydrogen-bond acceptors (Lipinski definition) is 4. The van der Waals surface area contributed by atoms with E-state index in [2.05, 4.69) is 4.98 Å². The average molecular weight is 464 g/mol. The Kier molecular flexibility index (Phi) is 7.23. The lowest BCUT2D eigenvalue weighted by molar-refractivity contribution is -0.145. The first kappa shape index (κ1) is 23.8. The maximum atomic E-state index is 12.8. The minimum atomic E-state index is -4.35. The Balaban J connectivity index is 1.68. The standard InChI is InChI=1S/C24H24F3NO3S/c1-4-19(23(29)30)31-20-11-5-16(13-14(20)2)6-12-21-15(3)28-22(32-21)17-7-9-18(10-8-17)24(25,26)27/h5,7-11,13,19H,4,6,12H2,1-3H3,(H,29,30). The van der Waals surface area contributed by atoms with Crippen LogP contribution in [0, 0.1) is 13.8 Å². The summed E-state index contributed by atoms with van der Waals surface area (Å²) < 4.78 is 43.9. The summed E-state index contributed by atoms with van der Waals surface area (Å²) in [7, 11) is 0. The van der Waals surface area contributed by atoms with Crippen molar-refractivity contribution in [1.82, 2.24) is 4.98 Å². The first-order valence-electron chi connectivity index (χ1n) is 10.2. The normalized spacial score (nSPS) is 12.6. The summed E-state index contributed by atoms with van der Waals surface area (Å²) in [6.45, 7) is 5.55. The molecule has 0 fully saturated rings. The van der Waals surface area contributed by atoms with Crippen LogP contribution in [0.2, 0.25) is 0 Å². The molecule has 1 aromatic heterocycles. The fourth-order valence-electron chi connectivity index (χ4n) is 3.30. The van der Waals surface area contributed by atoms with E-state index in [0.29, 0.717) is 22.7 Å². The van der Waals surface area contributed by atoms with Crippen LogP contribution in [0.3, 0.4) is 0 Å². The maximum absolute atomic E-state index is 12.8. The molecule has 0 saturated heterocycles. The Morgan fingerprint density at radius 3 is 2.38 bits per heavy atom. The molecule has 0 aliphatic heterocycles. The second-order valence-electron chi connectivity index (χ2n) is 7.56. The van der Waals surface area contributed by atoms with E-state index in [9.17, 15) is 23.1 Å². The Hall–Kier alpha value is -2.87. The van der Waals surface area contributed by atoms with Crippen molar-refractivity contribution in [2.45, 2.75) is 52.3 Å². The van der Waals surface area contributed by atoms with Crippen molar-refractivity contribution in [3.05, 3.63) is 69.7 Å². The number of alkyl halides is 3. The lowest BCUT2D eigenvalue weighted by atomic mass is 10.1. The molecule has 3 aromatic rings. The van der Waals surface area contributed by atoms with Crippen LogP contribution in [0.15, 0.2) is 42.5 Å². The molecule has 0 aliphatic carbocycles. The van der Waals surface area contributed by atoms with E-state index >= 15 is 0 Å². The first-order valence-corrected chi connectivity index (χ1v) is 11.0. The zero-order valence-corrected chi connectivity index (χ0v) is 18.8. The van der Waals surface area contributed by atoms with Crippen molar-refractivity contribution >= 4 is 17.3 Å². The van der Waals surface area contributed by atoms with E-state index in [-0.39, 0.29) is 0 Å². The predicted octanol–water partition coefficient (Wildman–Crippen LogP) is 6.47. The smallest absolute Gasteiger partial charge is 0.416 e. The minimum Gasteiger partial charge on any atom is -0.479 e. The molecule has 0 saturated carbocycles. The zero-order chi connectivity index (χ0) is 23.5. The Labute approximate surface area is 188 Å². The van der Waals surface area contributed by atoms with Gasteiger partial charge in [-0.15, -0.1) is 11.3 Å². The van der Waals surface area contributed by atoms with Gasteiger partial charge in [0.1, 0.15) is 10.8 Å². The zero-order valence-electron chi connectivity index (χ0n) is 18.0. The first-order chi connectivity index (χ1) is 15.1. The summed E-state index contributed by atoms with van der Waals surface area (Å²) in [5.41, 5.74) is 2.81. The summed E-state index contributed by atoms with van der Waals surface area (Å²) in [6, 6.07) is 10.8. The lowest BCUT2D eigenvalue weighted by Crippen LogP contribution is -2.26. The molecule has 1 heterocycles. The summed E-state index contributed by atoms with van der Waals surface area (Å²) in [4.78, 5) is 16.8. The van der Waals surface area contributed by atoms with Gasteiger partial charge in [0, 0.05) is 10.4 Å². The third-order valence-electron chi connectivity index (χ3n) is 5.15. The molecule has 4 nitrogen and oxygen atoms in total. The van der Waals surface area contributed by atoms with Gasteiger partial charge in [0.2, 0.25) is 0 Å². The van der Waals surface area contributed by atoms with Gasteiger partial charge < -0.3 is 9.84 Å². The van der Waals surface area contributed by atoms with E-state index in [4.69, 9.17) is 4.74 Å². The number of rotatable bonds is 8. The third-order valence-corrected chi connectivity index (χ3v) is 6.41. The molecule has 0 bridgehead atoms. The van der Waals surface area contributed by atoms with Gasteiger partial charge in [-0.1, -0.05) is 31.2 Å². The lowest BCUT2D eigenvalue weighted by Gasteiger charge is -2.15. The van der Waals surface area contributed by atoms with Gasteiger partial charge in [-0.3, -0.25) is 0 Å². The molecule has 8 heteroatoms. The van der Waals surface area contributed by atoms with Crippen molar-refractivity contribution in [3.8, 4) is 16.3 Å². The molecule has 0 aliphatic rings. The van der Waals surface area contributed by atoms with Gasteiger partial charge >= 0.3 is 12.1 Å². The van der Waals surface area contributed by atoms with Crippen molar-refractivity contribution in [2.24, 2.45) is 0 Å². The number of carboxylic acid groups (broad SMARTS) is 1. The molecule has 2 aromatic carbocycles. The molecule has 3 rings (SSSR count). The van der Waals surface area contributed by atoms with Crippen molar-refractivity contribution in [3.63, 3.8) is 0 Å². The quantitative estimate of drug-likeness (QED) is 0.416. The highest BCUT2D eigenvalue weighted by atomic mass is 32.1. The van der Waals surface area contributed by atoms with Gasteiger partial charge in [0.25, 0.3) is 0 Å². The number of aliphatic carboxylic acids is 1. The number of ether oxygens (including phenoxy) is 1. The highest BCUT2D eigenvalue weighted by molar-refractivity contribution is 7.15. The van der Waals surface area contributed by atoms with Crippen molar-refractivity contribution < 1.29 is 27.8 Å². The molecule has 1 atom stereocenters. The fourth-order valence-corrected chi connectivity index (χ4v) is 4.37. The molecule has 1 unspecified atom stereocenters. The van der Waals surface area contributed by atoms with Crippen LogP contribution in [0.1, 0.15) is 40.6 Å². The van der Waals surface area contributed by atoms with Gasteiger partial charge in [-0.25, -0.2) is 9.78 Å². The Bertz CT molecular complexity index is 1090. The van der Waals surface area contributed by atoms with Gasteiger partial charge in [-0.05, 0) is 62.4 Å². The van der Waals surface area contributed by atoms with E-state index in [1.807, 2.05) is 26.0 Å². The Morgan fingerprint density at radius 1 is 1.12 bits per heavy atom. The largest absolute Gasteiger partial charge is 0.479 e. The van der Waals surface area contributed by atoms with Crippen LogP contribution < -0.4 is 4.74 Å². The fraction of sp³-hybridized carbons (Fsp3) is 0.333. The summed E-state index contributed by atoms with van der Waals surface area (Å²) in [5, 5.41) is 9.87. The van der Waals surface area contributed by atoms with E-state index in [1.165, 1.54) is 23.5 Å². The van der Waals surface area contributed by atoms with Gasteiger partial charge in [0.15, 0.2) is 6.10 Å². The molecule has 170 valence electrons. The van der Waals surface area contributed by atoms with Gasteiger partial charge in [-0.2, -0.15) is 13.2 Å². The van der Waals surface area contributed by atoms with Crippen LogP contribution in [-0.4, -0.2) is 22.2 Å². The molecule has 0 amide bonds. The number of carboxylic acids is 1. The highest BCUT2D eigenvalue weighted by Crippen LogP contribution is 2.33. The van der Waals surface area contributed by atoms with Crippen molar-refractivity contribution in [2.75, 3.05) is 0 Å². The molecular formula is C24H24F3NO3S. The number of halogens is 3. The number of thiazole rings is 1. The average Bonchev–Trinajstić information content (AvgIpc) is 3.11. The summed E-state index contributed by atoms with van der Waals surface area (Å²) >= 11 is 1.48. The van der Waals surface area contributed by atoms with Crippen LogP contribution in [0.4, 0.5) is 13.2 Å². The second kappa shape index (κ2) is 9.73. The summed E-state index contributed by atoms with van der Waals surface area (Å²) in [6.07, 6.45) is -3.35. The Morgan fingerprint density at radius 2 is 1.81 bits per heavy atom. The van der Waals surface area contributed by atoms with Gasteiger partial charge in [0.05, 0.1) is 11.3 Å². The minimum absolute atomic E-state index is 0.377. The number of aryl methyl sites for hydroxylation is 4.